The number of hydrogen-bond acceptors (Lipinski definition) is 3. The summed E-state index contributed by atoms with van der Waals surface area (Å²) < 4.78 is 4.98. The highest BCUT2D eigenvalue weighted by Gasteiger charge is 1.98. The van der Waals surface area contributed by atoms with Crippen molar-refractivity contribution in [1.29, 1.82) is 0 Å². The lowest BCUT2D eigenvalue weighted by Crippen LogP contribution is -2.17. The van der Waals surface area contributed by atoms with E-state index in [2.05, 4.69) is 24.8 Å². The van der Waals surface area contributed by atoms with Gasteiger partial charge in [-0.2, -0.15) is 0 Å². The minimum absolute atomic E-state index is 0.0863. The van der Waals surface area contributed by atoms with Gasteiger partial charge in [-0.1, -0.05) is 69.8 Å². The van der Waals surface area contributed by atoms with Crippen LogP contribution in [0.5, 0.6) is 0 Å². The molecule has 0 aliphatic rings. The number of ether oxygens (including phenoxy) is 1. The molecule has 2 N–H and O–H groups in total. The van der Waals surface area contributed by atoms with Crippen molar-refractivity contribution >= 4 is 0 Å². The van der Waals surface area contributed by atoms with Gasteiger partial charge in [0.15, 0.2) is 0 Å². The van der Waals surface area contributed by atoms with Gasteiger partial charge < -0.3 is 14.9 Å². The van der Waals surface area contributed by atoms with E-state index < -0.39 is 6.10 Å². The summed E-state index contributed by atoms with van der Waals surface area (Å²) in [5.41, 5.74) is 0. The minimum atomic E-state index is -0.829. The Morgan fingerprint density at radius 1 is 0.955 bits per heavy atom. The first kappa shape index (κ1) is 20.8. The van der Waals surface area contributed by atoms with Gasteiger partial charge in [-0.15, -0.1) is 0 Å². The molecule has 0 spiro atoms. The Morgan fingerprint density at radius 2 is 1.59 bits per heavy atom. The average molecular weight is 308 g/mol. The van der Waals surface area contributed by atoms with Crippen molar-refractivity contribution in [2.45, 2.75) is 70.8 Å². The predicted molar refractivity (Wildman–Crippen MR) is 92.3 cm³/mol. The van der Waals surface area contributed by atoms with E-state index in [-0.39, 0.29) is 13.2 Å². The maximum Gasteiger partial charge on any atom is 0.115 e. The van der Waals surface area contributed by atoms with E-state index in [1.807, 2.05) is 6.08 Å². The molecule has 0 amide bonds. The number of allylic oxidation sites excluding steroid dienone is 3. The molecule has 0 heterocycles. The molecule has 0 bridgehead atoms. The Bertz CT molecular complexity index is 336. The second-order valence-corrected chi connectivity index (χ2v) is 5.43. The van der Waals surface area contributed by atoms with Gasteiger partial charge in [0.05, 0.1) is 12.9 Å². The van der Waals surface area contributed by atoms with Crippen molar-refractivity contribution in [1.82, 2.24) is 0 Å². The van der Waals surface area contributed by atoms with E-state index in [1.165, 1.54) is 57.6 Å². The molecule has 0 saturated heterocycles. The van der Waals surface area contributed by atoms with Crippen molar-refractivity contribution in [3.05, 3.63) is 24.5 Å². The van der Waals surface area contributed by atoms with Gasteiger partial charge in [-0.05, 0) is 18.9 Å². The number of rotatable bonds is 13. The largest absolute Gasteiger partial charge is 0.498 e. The van der Waals surface area contributed by atoms with E-state index in [0.29, 0.717) is 0 Å². The van der Waals surface area contributed by atoms with Crippen LogP contribution >= 0.6 is 0 Å². The SMILES string of the molecule is CCCCCCCCCC/C=C\C#C/C=C\OC[C@@H](O)CO. The van der Waals surface area contributed by atoms with Gasteiger partial charge in [0.1, 0.15) is 12.7 Å². The van der Waals surface area contributed by atoms with Crippen LogP contribution < -0.4 is 0 Å². The van der Waals surface area contributed by atoms with Crippen LogP contribution in [0.2, 0.25) is 0 Å². The zero-order chi connectivity index (χ0) is 16.3. The first-order valence-electron chi connectivity index (χ1n) is 8.52. The fraction of sp³-hybridized carbons (Fsp3) is 0.684. The molecule has 126 valence electrons. The van der Waals surface area contributed by atoms with Gasteiger partial charge in [0.25, 0.3) is 0 Å². The molecule has 0 saturated carbocycles. The highest BCUT2D eigenvalue weighted by Crippen LogP contribution is 2.09. The Kier molecular flexibility index (Phi) is 16.8. The number of aliphatic hydroxyl groups is 2. The Hall–Kier alpha value is -1.24. The normalized spacial score (nSPS) is 12.5. The molecule has 0 aliphatic carbocycles. The molecule has 0 aliphatic heterocycles. The summed E-state index contributed by atoms with van der Waals surface area (Å²) in [7, 11) is 0. The van der Waals surface area contributed by atoms with Crippen molar-refractivity contribution in [3.63, 3.8) is 0 Å². The quantitative estimate of drug-likeness (QED) is 0.307. The second kappa shape index (κ2) is 17.8. The molecule has 22 heavy (non-hydrogen) atoms. The maximum absolute atomic E-state index is 9.02. The van der Waals surface area contributed by atoms with Gasteiger partial charge in [-0.25, -0.2) is 0 Å². The summed E-state index contributed by atoms with van der Waals surface area (Å²) in [5, 5.41) is 17.6. The van der Waals surface area contributed by atoms with E-state index in [9.17, 15) is 0 Å². The Morgan fingerprint density at radius 3 is 2.27 bits per heavy atom. The standard InChI is InChI=1S/C19H32O3/c1-2-3-4-5-6-7-8-9-10-11-12-13-14-15-16-22-18-19(21)17-20/h11-12,15-16,19-21H,2-10,17-18H2,1H3/b12-11-,16-15-/t19-/m0/s1. The Balaban J connectivity index is 3.37. The molecule has 0 unspecified atom stereocenters. The van der Waals surface area contributed by atoms with Crippen LogP contribution in [0.1, 0.15) is 64.7 Å². The van der Waals surface area contributed by atoms with Gasteiger partial charge >= 0.3 is 0 Å². The van der Waals surface area contributed by atoms with E-state index in [4.69, 9.17) is 14.9 Å². The van der Waals surface area contributed by atoms with E-state index in [0.717, 1.165) is 6.42 Å². The van der Waals surface area contributed by atoms with Gasteiger partial charge in [-0.3, -0.25) is 0 Å². The topological polar surface area (TPSA) is 49.7 Å². The van der Waals surface area contributed by atoms with Crippen molar-refractivity contribution < 1.29 is 14.9 Å². The lowest BCUT2D eigenvalue weighted by molar-refractivity contribution is 0.0385. The third-order valence-electron chi connectivity index (χ3n) is 3.26. The van der Waals surface area contributed by atoms with Crippen molar-refractivity contribution in [2.24, 2.45) is 0 Å². The predicted octanol–water partition coefficient (Wildman–Crippen LogP) is 3.96. The molecule has 0 fully saturated rings. The summed E-state index contributed by atoms with van der Waals surface area (Å²) in [6, 6.07) is 0. The summed E-state index contributed by atoms with van der Waals surface area (Å²) in [6.07, 6.45) is 18.0. The summed E-state index contributed by atoms with van der Waals surface area (Å²) in [6.45, 7) is 2.05. The fourth-order valence-electron chi connectivity index (χ4n) is 1.94. The smallest absolute Gasteiger partial charge is 0.115 e. The van der Waals surface area contributed by atoms with E-state index >= 15 is 0 Å². The van der Waals surface area contributed by atoms with Crippen LogP contribution in [0.25, 0.3) is 0 Å². The molecule has 0 aromatic carbocycles. The number of unbranched alkanes of at least 4 members (excludes halogenated alkanes) is 8. The lowest BCUT2D eigenvalue weighted by atomic mass is 10.1. The molecular formula is C19H32O3. The van der Waals surface area contributed by atoms with Crippen molar-refractivity contribution in [3.8, 4) is 11.8 Å². The molecular weight excluding hydrogens is 276 g/mol. The van der Waals surface area contributed by atoms with Crippen LogP contribution in [0.15, 0.2) is 24.5 Å². The van der Waals surface area contributed by atoms with E-state index in [1.54, 1.807) is 6.08 Å². The van der Waals surface area contributed by atoms with Gasteiger partial charge in [0, 0.05) is 6.08 Å². The first-order valence-corrected chi connectivity index (χ1v) is 8.52. The number of aliphatic hydroxyl groups excluding tert-OH is 2. The molecule has 0 aromatic rings. The molecule has 0 radical (unpaired) electrons. The van der Waals surface area contributed by atoms with Crippen molar-refractivity contribution in [2.75, 3.05) is 13.2 Å². The summed E-state index contributed by atoms with van der Waals surface area (Å²) in [5.74, 6) is 5.72. The zero-order valence-corrected chi connectivity index (χ0v) is 14.0. The first-order chi connectivity index (χ1) is 10.8. The summed E-state index contributed by atoms with van der Waals surface area (Å²) >= 11 is 0. The highest BCUT2D eigenvalue weighted by atomic mass is 16.5. The third kappa shape index (κ3) is 16.8. The lowest BCUT2D eigenvalue weighted by Gasteiger charge is -2.04. The average Bonchev–Trinajstić information content (AvgIpc) is 2.54. The van der Waals surface area contributed by atoms with Crippen LogP contribution in [0.3, 0.4) is 0 Å². The molecule has 3 heteroatoms. The fourth-order valence-corrected chi connectivity index (χ4v) is 1.94. The number of hydrogen-bond donors (Lipinski definition) is 2. The summed E-state index contributed by atoms with van der Waals surface area (Å²) in [4.78, 5) is 0. The van der Waals surface area contributed by atoms with Crippen LogP contribution in [-0.4, -0.2) is 29.5 Å². The highest BCUT2D eigenvalue weighted by molar-refractivity contribution is 5.22. The van der Waals surface area contributed by atoms with Crippen LogP contribution in [0.4, 0.5) is 0 Å². The van der Waals surface area contributed by atoms with Crippen LogP contribution in [-0.2, 0) is 4.74 Å². The molecule has 0 aromatic heterocycles. The monoisotopic (exact) mass is 308 g/mol. The molecule has 3 nitrogen and oxygen atoms in total. The third-order valence-corrected chi connectivity index (χ3v) is 3.26. The van der Waals surface area contributed by atoms with Gasteiger partial charge in [0.2, 0.25) is 0 Å². The molecule has 1 atom stereocenters. The molecule has 0 rings (SSSR count). The Labute approximate surface area is 136 Å². The minimum Gasteiger partial charge on any atom is -0.498 e. The maximum atomic E-state index is 9.02. The second-order valence-electron chi connectivity index (χ2n) is 5.43. The zero-order valence-electron chi connectivity index (χ0n) is 14.0. The van der Waals surface area contributed by atoms with Crippen LogP contribution in [0, 0.1) is 11.8 Å².